The molecule has 0 unspecified atom stereocenters. The molecular weight excluding hydrogens is 104 g/mol. The average molecular weight is 111 g/mol. The second-order valence-corrected chi connectivity index (χ2v) is 1.23. The highest BCUT2D eigenvalue weighted by Gasteiger charge is 1.81. The highest BCUT2D eigenvalue weighted by Crippen LogP contribution is 1.66. The highest BCUT2D eigenvalue weighted by atomic mass is 16.1. The Kier molecular flexibility index (Phi) is 5.45. The Morgan fingerprint density at radius 2 is 2.38 bits per heavy atom. The number of nitriles is 1. The van der Waals surface area contributed by atoms with Crippen molar-refractivity contribution in [2.45, 2.75) is 6.42 Å². The zero-order valence-corrected chi connectivity index (χ0v) is 4.48. The summed E-state index contributed by atoms with van der Waals surface area (Å²) < 4.78 is 0. The molecule has 43 valence electrons. The van der Waals surface area contributed by atoms with E-state index in [1.165, 1.54) is 0 Å². The van der Waals surface area contributed by atoms with Gasteiger partial charge in [-0.1, -0.05) is 0 Å². The van der Waals surface area contributed by atoms with Gasteiger partial charge in [0.2, 0.25) is 6.29 Å². The van der Waals surface area contributed by atoms with Gasteiger partial charge < -0.3 is 5.32 Å². The van der Waals surface area contributed by atoms with Crippen LogP contribution >= 0.6 is 0 Å². The van der Waals surface area contributed by atoms with E-state index >= 15 is 0 Å². The Morgan fingerprint density at radius 3 is 2.88 bits per heavy atom. The van der Waals surface area contributed by atoms with E-state index in [9.17, 15) is 4.79 Å². The van der Waals surface area contributed by atoms with Gasteiger partial charge in [0, 0.05) is 13.0 Å². The van der Waals surface area contributed by atoms with Crippen molar-refractivity contribution in [1.82, 2.24) is 5.32 Å². The summed E-state index contributed by atoms with van der Waals surface area (Å²) >= 11 is 0. The molecule has 0 aromatic carbocycles. The van der Waals surface area contributed by atoms with Crippen LogP contribution < -0.4 is 5.32 Å². The van der Waals surface area contributed by atoms with Crippen LogP contribution in [0.5, 0.6) is 0 Å². The lowest BCUT2D eigenvalue weighted by molar-refractivity contribution is 0.549. The minimum Gasteiger partial charge on any atom is -0.309 e. The topological polar surface area (TPSA) is 52.9 Å². The van der Waals surface area contributed by atoms with Crippen LogP contribution in [0.25, 0.3) is 0 Å². The van der Waals surface area contributed by atoms with E-state index in [0.29, 0.717) is 13.0 Å². The van der Waals surface area contributed by atoms with Crippen LogP contribution in [-0.4, -0.2) is 19.4 Å². The van der Waals surface area contributed by atoms with Gasteiger partial charge in [0.25, 0.3) is 0 Å². The van der Waals surface area contributed by atoms with Gasteiger partial charge >= 0.3 is 0 Å². The number of carbonyl (C=O) groups excluding carboxylic acids is 1. The molecule has 0 fully saturated rings. The molecule has 0 heterocycles. The molecule has 0 aliphatic carbocycles. The predicted molar refractivity (Wildman–Crippen MR) is 28.8 cm³/mol. The molecule has 3 nitrogen and oxygen atoms in total. The van der Waals surface area contributed by atoms with Gasteiger partial charge in [-0.3, -0.25) is 4.79 Å². The Morgan fingerprint density at radius 1 is 1.62 bits per heavy atom. The SMILES string of the molecule is N#CCCNC[C]=O. The Labute approximate surface area is 48.3 Å². The van der Waals surface area contributed by atoms with Crippen molar-refractivity contribution >= 4 is 6.29 Å². The second-order valence-electron chi connectivity index (χ2n) is 1.23. The van der Waals surface area contributed by atoms with E-state index in [2.05, 4.69) is 5.32 Å². The molecule has 0 aromatic heterocycles. The van der Waals surface area contributed by atoms with Gasteiger partial charge in [0.05, 0.1) is 12.6 Å². The maximum atomic E-state index is 9.50. The zero-order valence-electron chi connectivity index (χ0n) is 4.48. The number of nitrogens with one attached hydrogen (secondary N) is 1. The maximum absolute atomic E-state index is 9.50. The van der Waals surface area contributed by atoms with Crippen LogP contribution in [-0.2, 0) is 4.79 Å². The van der Waals surface area contributed by atoms with E-state index in [0.717, 1.165) is 0 Å². The maximum Gasteiger partial charge on any atom is 0.213 e. The molecule has 1 N–H and O–H groups in total. The summed E-state index contributed by atoms with van der Waals surface area (Å²) in [6.45, 7) is 0.799. The summed E-state index contributed by atoms with van der Waals surface area (Å²) in [5, 5.41) is 10.7. The third-order valence-corrected chi connectivity index (χ3v) is 0.611. The van der Waals surface area contributed by atoms with Crippen molar-refractivity contribution in [3.05, 3.63) is 0 Å². The lowest BCUT2D eigenvalue weighted by Crippen LogP contribution is -2.16. The quantitative estimate of drug-likeness (QED) is 0.502. The molecule has 0 saturated heterocycles. The van der Waals surface area contributed by atoms with Crippen molar-refractivity contribution in [3.63, 3.8) is 0 Å². The summed E-state index contributed by atoms with van der Waals surface area (Å²) in [6.07, 6.45) is 2.10. The van der Waals surface area contributed by atoms with E-state index in [-0.39, 0.29) is 6.54 Å². The van der Waals surface area contributed by atoms with E-state index in [1.54, 1.807) is 6.29 Å². The van der Waals surface area contributed by atoms with Gasteiger partial charge in [-0.15, -0.1) is 0 Å². The molecule has 0 spiro atoms. The molecule has 8 heavy (non-hydrogen) atoms. The molecule has 0 aliphatic heterocycles. The van der Waals surface area contributed by atoms with Crippen LogP contribution in [0, 0.1) is 11.3 Å². The number of rotatable bonds is 4. The molecule has 0 aliphatic rings. The Balaban J connectivity index is 2.74. The van der Waals surface area contributed by atoms with Gasteiger partial charge in [0.15, 0.2) is 0 Å². The third-order valence-electron chi connectivity index (χ3n) is 0.611. The molecule has 1 radical (unpaired) electrons. The Hall–Kier alpha value is -0.880. The molecule has 0 bridgehead atoms. The molecule has 0 amide bonds. The first-order chi connectivity index (χ1) is 3.91. The van der Waals surface area contributed by atoms with Gasteiger partial charge in [0.1, 0.15) is 0 Å². The molecule has 0 saturated carbocycles. The first kappa shape index (κ1) is 7.12. The number of nitrogens with zero attached hydrogens (tertiary/aromatic N) is 1. The summed E-state index contributed by atoms with van der Waals surface area (Å²) in [7, 11) is 0. The third kappa shape index (κ3) is 5.12. The monoisotopic (exact) mass is 111 g/mol. The van der Waals surface area contributed by atoms with Gasteiger partial charge in [-0.2, -0.15) is 5.26 Å². The predicted octanol–water partition coefficient (Wildman–Crippen LogP) is -0.401. The van der Waals surface area contributed by atoms with Crippen LogP contribution in [0.1, 0.15) is 6.42 Å². The fraction of sp³-hybridized carbons (Fsp3) is 0.600. The van der Waals surface area contributed by atoms with Crippen molar-refractivity contribution in [1.29, 1.82) is 5.26 Å². The lowest BCUT2D eigenvalue weighted by Gasteiger charge is -1.89. The van der Waals surface area contributed by atoms with Crippen molar-refractivity contribution in [2.24, 2.45) is 0 Å². The summed E-state index contributed by atoms with van der Waals surface area (Å²) in [6, 6.07) is 1.93. The second kappa shape index (κ2) is 6.12. The lowest BCUT2D eigenvalue weighted by atomic mass is 10.5. The minimum absolute atomic E-state index is 0.224. The first-order valence-corrected chi connectivity index (χ1v) is 2.34. The van der Waals surface area contributed by atoms with Crippen LogP contribution in [0.3, 0.4) is 0 Å². The van der Waals surface area contributed by atoms with Gasteiger partial charge in [-0.05, 0) is 0 Å². The smallest absolute Gasteiger partial charge is 0.213 e. The van der Waals surface area contributed by atoms with Crippen molar-refractivity contribution in [2.75, 3.05) is 13.1 Å². The normalized spacial score (nSPS) is 7.88. The summed E-state index contributed by atoms with van der Waals surface area (Å²) in [5.41, 5.74) is 0. The largest absolute Gasteiger partial charge is 0.309 e. The standard InChI is InChI=1S/C5H7N2O/c6-2-1-3-7-4-5-8/h7H,1,3-4H2. The van der Waals surface area contributed by atoms with Crippen LogP contribution in [0.2, 0.25) is 0 Å². The molecule has 3 heteroatoms. The number of hydrogen-bond donors (Lipinski definition) is 1. The molecule has 0 rings (SSSR count). The first-order valence-electron chi connectivity index (χ1n) is 2.34. The zero-order chi connectivity index (χ0) is 6.24. The number of hydrogen-bond acceptors (Lipinski definition) is 3. The fourth-order valence-corrected chi connectivity index (χ4v) is 0.284. The average Bonchev–Trinajstić information content (AvgIpc) is 1.81. The molecular formula is C5H7N2O. The van der Waals surface area contributed by atoms with Crippen molar-refractivity contribution in [3.8, 4) is 6.07 Å². The van der Waals surface area contributed by atoms with Crippen LogP contribution in [0.4, 0.5) is 0 Å². The minimum atomic E-state index is 0.224. The van der Waals surface area contributed by atoms with E-state index < -0.39 is 0 Å². The summed E-state index contributed by atoms with van der Waals surface area (Å²) in [4.78, 5) is 9.50. The Bertz CT molecular complexity index is 95.1. The van der Waals surface area contributed by atoms with Crippen molar-refractivity contribution < 1.29 is 4.79 Å². The molecule has 0 atom stereocenters. The van der Waals surface area contributed by atoms with Crippen LogP contribution in [0.15, 0.2) is 0 Å². The molecule has 0 aromatic rings. The van der Waals surface area contributed by atoms with Gasteiger partial charge in [-0.25, -0.2) is 0 Å². The highest BCUT2D eigenvalue weighted by molar-refractivity contribution is 5.52. The van der Waals surface area contributed by atoms with E-state index in [4.69, 9.17) is 5.26 Å². The summed E-state index contributed by atoms with van der Waals surface area (Å²) in [5.74, 6) is 0. The van der Waals surface area contributed by atoms with E-state index in [1.807, 2.05) is 6.07 Å². The fourth-order valence-electron chi connectivity index (χ4n) is 0.284.